The topological polar surface area (TPSA) is 60.2 Å². The van der Waals surface area contributed by atoms with Crippen LogP contribution in [0.1, 0.15) is 11.1 Å². The van der Waals surface area contributed by atoms with Crippen LogP contribution in [0.5, 0.6) is 0 Å². The van der Waals surface area contributed by atoms with Gasteiger partial charge in [0.15, 0.2) is 9.84 Å². The van der Waals surface area contributed by atoms with Crippen molar-refractivity contribution in [2.24, 2.45) is 0 Å². The molecule has 0 unspecified atom stereocenters. The number of nitrogen functional groups attached to an aromatic ring is 1. The van der Waals surface area contributed by atoms with Crippen LogP contribution in [0.15, 0.2) is 41.3 Å². The molecule has 0 amide bonds. The number of nitrogens with two attached hydrogens (primary N) is 1. The van der Waals surface area contributed by atoms with E-state index in [2.05, 4.69) is 0 Å². The average Bonchev–Trinajstić information content (AvgIpc) is 2.31. The molecule has 20 heavy (non-hydrogen) atoms. The molecule has 0 bridgehead atoms. The van der Waals surface area contributed by atoms with Gasteiger partial charge in [-0.2, -0.15) is 0 Å². The maximum atomic E-state index is 13.3. The summed E-state index contributed by atoms with van der Waals surface area (Å²) in [6, 6.07) is 8.37. The first-order valence-electron chi connectivity index (χ1n) is 5.82. The molecule has 0 spiro atoms. The summed E-state index contributed by atoms with van der Waals surface area (Å²) in [5.74, 6) is -0.978. The van der Waals surface area contributed by atoms with Gasteiger partial charge >= 0.3 is 0 Å². The predicted molar refractivity (Wildman–Crippen MR) is 77.9 cm³/mol. The highest BCUT2D eigenvalue weighted by molar-refractivity contribution is 7.90. The molecular weight excluding hydrogens is 301 g/mol. The van der Waals surface area contributed by atoms with Crippen molar-refractivity contribution in [2.45, 2.75) is 17.6 Å². The summed E-state index contributed by atoms with van der Waals surface area (Å²) < 4.78 is 37.8. The molecule has 0 aliphatic carbocycles. The van der Waals surface area contributed by atoms with Gasteiger partial charge in [0.1, 0.15) is 5.82 Å². The van der Waals surface area contributed by atoms with Gasteiger partial charge in [-0.3, -0.25) is 0 Å². The van der Waals surface area contributed by atoms with Crippen LogP contribution in [-0.2, 0) is 15.6 Å². The summed E-state index contributed by atoms with van der Waals surface area (Å²) in [4.78, 5) is -0.147. The fourth-order valence-corrected chi connectivity index (χ4v) is 3.64. The number of aryl methyl sites for hydroxylation is 1. The van der Waals surface area contributed by atoms with Crippen LogP contribution in [0.2, 0.25) is 5.02 Å². The van der Waals surface area contributed by atoms with E-state index in [9.17, 15) is 12.8 Å². The number of hydrogen-bond acceptors (Lipinski definition) is 3. The zero-order valence-corrected chi connectivity index (χ0v) is 12.3. The van der Waals surface area contributed by atoms with E-state index in [1.807, 2.05) is 6.92 Å². The lowest BCUT2D eigenvalue weighted by atomic mass is 10.2. The smallest absolute Gasteiger partial charge is 0.182 e. The van der Waals surface area contributed by atoms with E-state index in [1.54, 1.807) is 18.2 Å². The van der Waals surface area contributed by atoms with Gasteiger partial charge in [0.2, 0.25) is 0 Å². The first kappa shape index (κ1) is 14.8. The highest BCUT2D eigenvalue weighted by atomic mass is 35.5. The highest BCUT2D eigenvalue weighted by Crippen LogP contribution is 2.24. The molecular formula is C14H13ClFNO2S. The van der Waals surface area contributed by atoms with Crippen LogP contribution in [0.25, 0.3) is 0 Å². The van der Waals surface area contributed by atoms with Crippen LogP contribution in [0, 0.1) is 12.7 Å². The largest absolute Gasteiger partial charge is 0.399 e. The Morgan fingerprint density at radius 1 is 1.20 bits per heavy atom. The Bertz CT molecular complexity index is 740. The van der Waals surface area contributed by atoms with Crippen molar-refractivity contribution in [1.29, 1.82) is 0 Å². The Morgan fingerprint density at radius 2 is 1.90 bits per heavy atom. The molecule has 0 saturated carbocycles. The quantitative estimate of drug-likeness (QED) is 0.884. The highest BCUT2D eigenvalue weighted by Gasteiger charge is 2.18. The predicted octanol–water partition coefficient (Wildman–Crippen LogP) is 3.34. The van der Waals surface area contributed by atoms with Crippen molar-refractivity contribution in [2.75, 3.05) is 5.73 Å². The second-order valence-electron chi connectivity index (χ2n) is 4.57. The van der Waals surface area contributed by atoms with E-state index < -0.39 is 15.7 Å². The molecule has 0 aliphatic rings. The summed E-state index contributed by atoms with van der Waals surface area (Å²) in [7, 11) is -3.70. The molecule has 0 fully saturated rings. The lowest BCUT2D eigenvalue weighted by molar-refractivity contribution is 0.590. The van der Waals surface area contributed by atoms with Gasteiger partial charge in [0, 0.05) is 10.7 Å². The second-order valence-corrected chi connectivity index (χ2v) is 6.97. The molecule has 0 atom stereocenters. The first-order valence-corrected chi connectivity index (χ1v) is 7.85. The normalized spacial score (nSPS) is 11.6. The molecule has 3 nitrogen and oxygen atoms in total. The van der Waals surface area contributed by atoms with Crippen LogP contribution in [0.3, 0.4) is 0 Å². The third-order valence-electron chi connectivity index (χ3n) is 2.81. The maximum Gasteiger partial charge on any atom is 0.182 e. The molecule has 0 saturated heterocycles. The summed E-state index contributed by atoms with van der Waals surface area (Å²) in [5.41, 5.74) is 6.95. The number of halogens is 2. The summed E-state index contributed by atoms with van der Waals surface area (Å²) >= 11 is 6.02. The number of sulfone groups is 1. The van der Waals surface area contributed by atoms with Gasteiger partial charge < -0.3 is 5.73 Å². The van der Waals surface area contributed by atoms with Crippen molar-refractivity contribution in [1.82, 2.24) is 0 Å². The number of hydrogen-bond donors (Lipinski definition) is 1. The third-order valence-corrected chi connectivity index (χ3v) is 4.80. The van der Waals surface area contributed by atoms with Gasteiger partial charge in [-0.05, 0) is 42.3 Å². The van der Waals surface area contributed by atoms with Gasteiger partial charge in [0.05, 0.1) is 10.6 Å². The molecule has 6 heteroatoms. The van der Waals surface area contributed by atoms with Crippen LogP contribution in [-0.4, -0.2) is 8.42 Å². The second kappa shape index (κ2) is 5.42. The van der Waals surface area contributed by atoms with Crippen molar-refractivity contribution < 1.29 is 12.8 Å². The Labute approximate surface area is 122 Å². The fraction of sp³-hybridized carbons (Fsp3) is 0.143. The average molecular weight is 314 g/mol. The third kappa shape index (κ3) is 3.29. The molecule has 2 aromatic rings. The van der Waals surface area contributed by atoms with E-state index in [-0.39, 0.29) is 16.3 Å². The molecule has 2 rings (SSSR count). The molecule has 0 heterocycles. The summed E-state index contributed by atoms with van der Waals surface area (Å²) in [6.07, 6.45) is 0. The molecule has 2 aromatic carbocycles. The maximum absolute atomic E-state index is 13.3. The Balaban J connectivity index is 2.40. The van der Waals surface area contributed by atoms with Gasteiger partial charge in [0.25, 0.3) is 0 Å². The van der Waals surface area contributed by atoms with E-state index in [4.69, 9.17) is 17.3 Å². The fourth-order valence-electron chi connectivity index (χ4n) is 1.82. The van der Waals surface area contributed by atoms with Gasteiger partial charge in [-0.25, -0.2) is 12.8 Å². The van der Waals surface area contributed by atoms with Gasteiger partial charge in [-0.1, -0.05) is 23.7 Å². The minimum Gasteiger partial charge on any atom is -0.399 e. The first-order chi connectivity index (χ1) is 9.28. The van der Waals surface area contributed by atoms with E-state index in [1.165, 1.54) is 6.07 Å². The number of rotatable bonds is 3. The van der Waals surface area contributed by atoms with E-state index >= 15 is 0 Å². The zero-order valence-electron chi connectivity index (χ0n) is 10.7. The van der Waals surface area contributed by atoms with Crippen LogP contribution < -0.4 is 5.73 Å². The van der Waals surface area contributed by atoms with Crippen molar-refractivity contribution in [3.05, 3.63) is 58.4 Å². The van der Waals surface area contributed by atoms with Crippen molar-refractivity contribution in [3.63, 3.8) is 0 Å². The minimum atomic E-state index is -3.70. The Hall–Kier alpha value is -1.59. The van der Waals surface area contributed by atoms with Crippen LogP contribution in [0.4, 0.5) is 10.1 Å². The standard InChI is InChI=1S/C14H13ClFNO2S/c1-9-2-3-10(14(15)4-9)8-20(18,19)13-6-11(16)5-12(17)7-13/h2-7H,8,17H2,1H3. The van der Waals surface area contributed by atoms with Gasteiger partial charge in [-0.15, -0.1) is 0 Å². The molecule has 106 valence electrons. The van der Waals surface area contributed by atoms with E-state index in [0.717, 1.165) is 17.7 Å². The minimum absolute atomic E-state index is 0.0681. The van der Waals surface area contributed by atoms with Crippen LogP contribution >= 0.6 is 11.6 Å². The lowest BCUT2D eigenvalue weighted by Gasteiger charge is -2.08. The van der Waals surface area contributed by atoms with Crippen molar-refractivity contribution in [3.8, 4) is 0 Å². The number of benzene rings is 2. The Kier molecular flexibility index (Phi) is 4.01. The zero-order chi connectivity index (χ0) is 14.9. The lowest BCUT2D eigenvalue weighted by Crippen LogP contribution is -2.07. The van der Waals surface area contributed by atoms with Crippen molar-refractivity contribution >= 4 is 27.1 Å². The SMILES string of the molecule is Cc1ccc(CS(=O)(=O)c2cc(N)cc(F)c2)c(Cl)c1. The molecule has 0 radical (unpaired) electrons. The monoisotopic (exact) mass is 313 g/mol. The summed E-state index contributed by atoms with van der Waals surface area (Å²) in [6.45, 7) is 1.86. The Morgan fingerprint density at radius 3 is 2.50 bits per heavy atom. The number of anilines is 1. The van der Waals surface area contributed by atoms with E-state index in [0.29, 0.717) is 10.6 Å². The molecule has 0 aliphatic heterocycles. The summed E-state index contributed by atoms with van der Waals surface area (Å²) in [5, 5.41) is 0.373. The molecule has 0 aromatic heterocycles. The molecule has 2 N–H and O–H groups in total.